The Kier molecular flexibility index (Phi) is 5.95. The van der Waals surface area contributed by atoms with Gasteiger partial charge in [0.25, 0.3) is 0 Å². The van der Waals surface area contributed by atoms with Crippen LogP contribution in [-0.4, -0.2) is 63.7 Å². The lowest BCUT2D eigenvalue weighted by Gasteiger charge is -2.24. The van der Waals surface area contributed by atoms with Crippen molar-refractivity contribution in [2.75, 3.05) is 33.4 Å². The van der Waals surface area contributed by atoms with Crippen molar-refractivity contribution in [2.24, 2.45) is 5.92 Å². The molecule has 9 heteroatoms. The molecule has 4 heterocycles. The van der Waals surface area contributed by atoms with Crippen molar-refractivity contribution >= 4 is 5.91 Å². The van der Waals surface area contributed by atoms with Crippen LogP contribution in [-0.2, 0) is 11.2 Å². The summed E-state index contributed by atoms with van der Waals surface area (Å²) < 4.78 is 13.0. The fourth-order valence-electron chi connectivity index (χ4n) is 4.58. The zero-order valence-electron chi connectivity index (χ0n) is 18.9. The van der Waals surface area contributed by atoms with Gasteiger partial charge in [-0.2, -0.15) is 0 Å². The largest absolute Gasteiger partial charge is 0.486 e. The molecule has 0 bridgehead atoms. The van der Waals surface area contributed by atoms with Crippen LogP contribution in [0.1, 0.15) is 29.4 Å². The molecule has 5 rings (SSSR count). The number of ether oxygens (including phenoxy) is 2. The minimum absolute atomic E-state index is 0.0577. The van der Waals surface area contributed by atoms with E-state index in [4.69, 9.17) is 14.5 Å². The predicted octanol–water partition coefficient (Wildman–Crippen LogP) is 2.09. The molecule has 0 spiro atoms. The van der Waals surface area contributed by atoms with E-state index in [1.165, 1.54) is 0 Å². The zero-order valence-corrected chi connectivity index (χ0v) is 18.9. The highest BCUT2D eigenvalue weighted by Crippen LogP contribution is 2.36. The highest BCUT2D eigenvalue weighted by atomic mass is 16.6. The third-order valence-electron chi connectivity index (χ3n) is 6.21. The lowest BCUT2D eigenvalue weighted by atomic mass is 9.96. The number of aryl methyl sites for hydroxylation is 1. The molecule has 2 atom stereocenters. The molecular weight excluding hydrogens is 420 g/mol. The third kappa shape index (κ3) is 4.54. The smallest absolute Gasteiger partial charge is 0.235 e. The average molecular weight is 449 g/mol. The van der Waals surface area contributed by atoms with Gasteiger partial charge in [0.15, 0.2) is 11.5 Å². The molecule has 3 aromatic rings. The molecule has 33 heavy (non-hydrogen) atoms. The molecule has 1 N–H and O–H groups in total. The van der Waals surface area contributed by atoms with Gasteiger partial charge in [-0.3, -0.25) is 14.3 Å². The van der Waals surface area contributed by atoms with Gasteiger partial charge < -0.3 is 14.8 Å². The number of rotatable bonds is 6. The summed E-state index contributed by atoms with van der Waals surface area (Å²) in [5, 5.41) is 3.13. The number of carbonyl (C=O) groups is 1. The first-order chi connectivity index (χ1) is 16.1. The van der Waals surface area contributed by atoms with Gasteiger partial charge in [0, 0.05) is 24.6 Å². The Morgan fingerprint density at radius 1 is 1.18 bits per heavy atom. The summed E-state index contributed by atoms with van der Waals surface area (Å²) in [6, 6.07) is 7.83. The lowest BCUT2D eigenvalue weighted by molar-refractivity contribution is -0.125. The summed E-state index contributed by atoms with van der Waals surface area (Å²) >= 11 is 0. The van der Waals surface area contributed by atoms with Crippen LogP contribution in [0.15, 0.2) is 43.0 Å². The molecule has 172 valence electrons. The first-order valence-corrected chi connectivity index (χ1v) is 11.3. The quantitative estimate of drug-likeness (QED) is 0.617. The molecule has 0 aliphatic carbocycles. The number of imidazole rings is 1. The van der Waals surface area contributed by atoms with Crippen molar-refractivity contribution < 1.29 is 14.3 Å². The van der Waals surface area contributed by atoms with Gasteiger partial charge in [0.05, 0.1) is 17.7 Å². The maximum atomic E-state index is 13.2. The number of amides is 1. The molecule has 1 saturated heterocycles. The lowest BCUT2D eigenvalue weighted by Crippen LogP contribution is -2.36. The Labute approximate surface area is 192 Å². The van der Waals surface area contributed by atoms with Crippen LogP contribution in [0.5, 0.6) is 11.5 Å². The van der Waals surface area contributed by atoms with Gasteiger partial charge in [-0.15, -0.1) is 0 Å². The number of benzene rings is 1. The van der Waals surface area contributed by atoms with E-state index in [9.17, 15) is 4.79 Å². The first-order valence-electron chi connectivity index (χ1n) is 11.3. The molecule has 1 amide bonds. The van der Waals surface area contributed by atoms with Crippen molar-refractivity contribution in [3.8, 4) is 17.4 Å². The molecule has 2 unspecified atom stereocenters. The van der Waals surface area contributed by atoms with Crippen molar-refractivity contribution in [3.05, 3.63) is 59.9 Å². The molecule has 2 aromatic heterocycles. The Bertz CT molecular complexity index is 1130. The zero-order chi connectivity index (χ0) is 22.8. The highest BCUT2D eigenvalue weighted by Gasteiger charge is 2.39. The summed E-state index contributed by atoms with van der Waals surface area (Å²) in [7, 11) is 2.04. The van der Waals surface area contributed by atoms with Gasteiger partial charge in [-0.1, -0.05) is 6.07 Å². The topological polar surface area (TPSA) is 94.4 Å². The van der Waals surface area contributed by atoms with Gasteiger partial charge in [0.2, 0.25) is 11.9 Å². The summed E-state index contributed by atoms with van der Waals surface area (Å²) in [4.78, 5) is 28.7. The van der Waals surface area contributed by atoms with E-state index in [1.807, 2.05) is 44.4 Å². The second kappa shape index (κ2) is 9.19. The van der Waals surface area contributed by atoms with Crippen LogP contribution < -0.4 is 14.8 Å². The van der Waals surface area contributed by atoms with E-state index >= 15 is 0 Å². The van der Waals surface area contributed by atoms with E-state index in [2.05, 4.69) is 20.2 Å². The molecule has 1 fully saturated rings. The monoisotopic (exact) mass is 448 g/mol. The fraction of sp³-hybridized carbons (Fsp3) is 0.417. The molecule has 9 nitrogen and oxygen atoms in total. The van der Waals surface area contributed by atoms with Crippen molar-refractivity contribution in [3.63, 3.8) is 0 Å². The SMILES string of the molecule is Cc1cc(C2C(C(=O)NCCc3ccc4c(c3)OCCO4)CCN2C)nc(-n2ccnc2)n1. The molecule has 2 aliphatic rings. The van der Waals surface area contributed by atoms with E-state index in [1.54, 1.807) is 17.1 Å². The molecule has 0 radical (unpaired) electrons. The van der Waals surface area contributed by atoms with Gasteiger partial charge >= 0.3 is 0 Å². The van der Waals surface area contributed by atoms with Gasteiger partial charge in [-0.05, 0) is 57.1 Å². The van der Waals surface area contributed by atoms with Crippen LogP contribution in [0.2, 0.25) is 0 Å². The minimum atomic E-state index is -0.166. The Hall–Kier alpha value is -3.46. The van der Waals surface area contributed by atoms with Crippen LogP contribution in [0.25, 0.3) is 5.95 Å². The number of nitrogens with zero attached hydrogens (tertiary/aromatic N) is 5. The Morgan fingerprint density at radius 2 is 2.03 bits per heavy atom. The van der Waals surface area contributed by atoms with Crippen molar-refractivity contribution in [1.82, 2.24) is 29.7 Å². The maximum absolute atomic E-state index is 13.2. The third-order valence-corrected chi connectivity index (χ3v) is 6.21. The predicted molar refractivity (Wildman–Crippen MR) is 122 cm³/mol. The maximum Gasteiger partial charge on any atom is 0.235 e. The Morgan fingerprint density at radius 3 is 2.85 bits per heavy atom. The van der Waals surface area contributed by atoms with Gasteiger partial charge in [-0.25, -0.2) is 15.0 Å². The highest BCUT2D eigenvalue weighted by molar-refractivity contribution is 5.80. The van der Waals surface area contributed by atoms with E-state index in [0.717, 1.165) is 47.8 Å². The number of carbonyl (C=O) groups excluding carboxylic acids is 1. The first kappa shape index (κ1) is 21.4. The normalized spacial score (nSPS) is 20.1. The second-order valence-corrected chi connectivity index (χ2v) is 8.54. The number of hydrogen-bond acceptors (Lipinski definition) is 7. The van der Waals surface area contributed by atoms with Crippen LogP contribution in [0, 0.1) is 12.8 Å². The summed E-state index contributed by atoms with van der Waals surface area (Å²) in [6.45, 7) is 4.50. The van der Waals surface area contributed by atoms with E-state index in [0.29, 0.717) is 25.7 Å². The van der Waals surface area contributed by atoms with Crippen LogP contribution in [0.3, 0.4) is 0 Å². The average Bonchev–Trinajstić information content (AvgIpc) is 3.49. The second-order valence-electron chi connectivity index (χ2n) is 8.54. The van der Waals surface area contributed by atoms with Crippen LogP contribution >= 0.6 is 0 Å². The Balaban J connectivity index is 1.26. The number of fused-ring (bicyclic) bond motifs is 1. The van der Waals surface area contributed by atoms with Crippen LogP contribution in [0.4, 0.5) is 0 Å². The van der Waals surface area contributed by atoms with Gasteiger partial charge in [0.1, 0.15) is 19.5 Å². The number of likely N-dealkylation sites (tertiary alicyclic amines) is 1. The summed E-state index contributed by atoms with van der Waals surface area (Å²) in [5.74, 6) is 2.01. The fourth-order valence-corrected chi connectivity index (χ4v) is 4.58. The van der Waals surface area contributed by atoms with E-state index in [-0.39, 0.29) is 17.9 Å². The number of aromatic nitrogens is 4. The number of hydrogen-bond donors (Lipinski definition) is 1. The molecular formula is C24H28N6O3. The molecule has 0 saturated carbocycles. The number of nitrogens with one attached hydrogen (secondary N) is 1. The van der Waals surface area contributed by atoms with Crippen molar-refractivity contribution in [1.29, 1.82) is 0 Å². The molecule has 1 aromatic carbocycles. The minimum Gasteiger partial charge on any atom is -0.486 e. The summed E-state index contributed by atoms with van der Waals surface area (Å²) in [5.41, 5.74) is 2.83. The van der Waals surface area contributed by atoms with E-state index < -0.39 is 0 Å². The molecule has 2 aliphatic heterocycles. The standard InChI is InChI=1S/C24H28N6O3/c1-16-13-19(28-24(27-16)30-10-8-25-15-30)22-18(6-9-29(22)2)23(31)26-7-5-17-3-4-20-21(14-17)33-12-11-32-20/h3-4,8,10,13-15,18,22H,5-7,9,11-12H2,1-2H3,(H,26,31). The van der Waals surface area contributed by atoms with Crippen molar-refractivity contribution in [2.45, 2.75) is 25.8 Å². The summed E-state index contributed by atoms with van der Waals surface area (Å²) in [6.07, 6.45) is 6.72.